The summed E-state index contributed by atoms with van der Waals surface area (Å²) in [6, 6.07) is 0. The minimum atomic E-state index is 1.02. The lowest BCUT2D eigenvalue weighted by atomic mass is 9.70. The Morgan fingerprint density at radius 1 is 0.579 bits per heavy atom. The van der Waals surface area contributed by atoms with Crippen LogP contribution in [0.2, 0.25) is 0 Å². The van der Waals surface area contributed by atoms with Crippen LogP contribution < -0.4 is 0 Å². The summed E-state index contributed by atoms with van der Waals surface area (Å²) in [6.07, 6.45) is 13.5. The summed E-state index contributed by atoms with van der Waals surface area (Å²) < 4.78 is 0. The molecule has 0 heteroatoms. The minimum Gasteiger partial charge on any atom is -0.0683 e. The van der Waals surface area contributed by atoms with Crippen molar-refractivity contribution >= 4 is 0 Å². The van der Waals surface area contributed by atoms with Gasteiger partial charge in [-0.3, -0.25) is 0 Å². The monoisotopic (exact) mass is 268 g/mol. The molecule has 0 aromatic heterocycles. The van der Waals surface area contributed by atoms with Gasteiger partial charge >= 0.3 is 0 Å². The van der Waals surface area contributed by atoms with Crippen molar-refractivity contribution in [2.75, 3.05) is 0 Å². The van der Waals surface area contributed by atoms with Crippen molar-refractivity contribution in [1.29, 1.82) is 0 Å². The van der Waals surface area contributed by atoms with Gasteiger partial charge in [0.25, 0.3) is 0 Å². The fraction of sp³-hybridized carbons (Fsp3) is 1.00. The third kappa shape index (κ3) is 8.00. The fourth-order valence-corrected chi connectivity index (χ4v) is 3.51. The van der Waals surface area contributed by atoms with Crippen LogP contribution in [0.25, 0.3) is 0 Å². The first-order chi connectivity index (χ1) is 9.17. The van der Waals surface area contributed by atoms with Gasteiger partial charge in [0.1, 0.15) is 0 Å². The van der Waals surface area contributed by atoms with Gasteiger partial charge in [-0.1, -0.05) is 73.6 Å². The van der Waals surface area contributed by atoms with Gasteiger partial charge in [0.05, 0.1) is 0 Å². The highest BCUT2D eigenvalue weighted by atomic mass is 14.3. The van der Waals surface area contributed by atoms with Crippen LogP contribution in [0.3, 0.4) is 0 Å². The highest BCUT2D eigenvalue weighted by Crippen LogP contribution is 2.40. The van der Waals surface area contributed by atoms with E-state index in [1.54, 1.807) is 25.7 Å². The molecule has 0 spiro atoms. The van der Waals surface area contributed by atoms with E-state index >= 15 is 0 Å². The van der Waals surface area contributed by atoms with Crippen LogP contribution in [0.5, 0.6) is 0 Å². The van der Waals surface area contributed by atoms with Crippen molar-refractivity contribution in [3.63, 3.8) is 0 Å². The van der Waals surface area contributed by atoms with Gasteiger partial charge in [-0.15, -0.1) is 0 Å². The van der Waals surface area contributed by atoms with Crippen molar-refractivity contribution in [3.8, 4) is 0 Å². The molecule has 0 N–H and O–H groups in total. The van der Waals surface area contributed by atoms with Gasteiger partial charge in [-0.05, 0) is 49.4 Å². The molecule has 0 unspecified atom stereocenters. The zero-order chi connectivity index (χ0) is 14.7. The fourth-order valence-electron chi connectivity index (χ4n) is 3.51. The highest BCUT2D eigenvalue weighted by molar-refractivity contribution is 4.80. The first kappa shape index (κ1) is 19.0. The van der Waals surface area contributed by atoms with E-state index < -0.39 is 0 Å². The number of hydrogen-bond donors (Lipinski definition) is 0. The van der Waals surface area contributed by atoms with Crippen LogP contribution in [-0.2, 0) is 0 Å². The van der Waals surface area contributed by atoms with Gasteiger partial charge in [0, 0.05) is 0 Å². The molecule has 0 nitrogen and oxygen atoms in total. The molecule has 0 heterocycles. The SMILES string of the molecule is CC.CC1CCC(C2CCC(C)CC2)CC1.CCC. The standard InChI is InChI=1S/C14H26.C3H8.C2H6/c1-11-3-7-13(8-4-11)14-9-5-12(2)6-10-14;1-3-2;1-2/h11-14H,3-10H2,1-2H3;3H2,1-2H3;1-2H3. The Morgan fingerprint density at radius 2 is 0.789 bits per heavy atom. The highest BCUT2D eigenvalue weighted by Gasteiger charge is 2.28. The summed E-state index contributed by atoms with van der Waals surface area (Å²) in [7, 11) is 0. The second-order valence-corrected chi connectivity index (χ2v) is 6.75. The van der Waals surface area contributed by atoms with E-state index in [9.17, 15) is 0 Å². The molecule has 19 heavy (non-hydrogen) atoms. The van der Waals surface area contributed by atoms with Crippen molar-refractivity contribution in [2.24, 2.45) is 23.7 Å². The van der Waals surface area contributed by atoms with Crippen molar-refractivity contribution < 1.29 is 0 Å². The molecule has 0 aliphatic heterocycles. The summed E-state index contributed by atoms with van der Waals surface area (Å²) in [4.78, 5) is 0. The summed E-state index contributed by atoms with van der Waals surface area (Å²) in [6.45, 7) is 13.1. The maximum atomic E-state index is 2.43. The number of rotatable bonds is 1. The van der Waals surface area contributed by atoms with Gasteiger partial charge in [0.15, 0.2) is 0 Å². The molecule has 0 amide bonds. The molecule has 0 bridgehead atoms. The zero-order valence-corrected chi connectivity index (χ0v) is 14.7. The third-order valence-corrected chi connectivity index (χ3v) is 4.79. The van der Waals surface area contributed by atoms with Gasteiger partial charge in [-0.25, -0.2) is 0 Å². The Kier molecular flexibility index (Phi) is 11.8. The Morgan fingerprint density at radius 3 is 1.00 bits per heavy atom. The second-order valence-electron chi connectivity index (χ2n) is 6.75. The quantitative estimate of drug-likeness (QED) is 0.476. The molecular formula is C19H40. The molecule has 0 atom stereocenters. The van der Waals surface area contributed by atoms with Gasteiger partial charge < -0.3 is 0 Å². The van der Waals surface area contributed by atoms with Crippen LogP contribution in [0.4, 0.5) is 0 Å². The van der Waals surface area contributed by atoms with Gasteiger partial charge in [0.2, 0.25) is 0 Å². The third-order valence-electron chi connectivity index (χ3n) is 4.79. The Bertz CT molecular complexity index is 148. The van der Waals surface area contributed by atoms with E-state index in [-0.39, 0.29) is 0 Å². The topological polar surface area (TPSA) is 0 Å². The maximum absolute atomic E-state index is 2.43. The second kappa shape index (κ2) is 11.8. The molecule has 0 aromatic carbocycles. The molecule has 2 saturated carbocycles. The van der Waals surface area contributed by atoms with Crippen LogP contribution in [0, 0.1) is 23.7 Å². The Labute approximate surface area is 123 Å². The van der Waals surface area contributed by atoms with Crippen molar-refractivity contribution in [1.82, 2.24) is 0 Å². The lowest BCUT2D eigenvalue weighted by Gasteiger charge is -2.36. The lowest BCUT2D eigenvalue weighted by Crippen LogP contribution is -2.24. The predicted octanol–water partition coefficient (Wildman–Crippen LogP) is 7.08. The Balaban J connectivity index is 0.000000573. The molecule has 0 radical (unpaired) electrons. The first-order valence-corrected chi connectivity index (χ1v) is 9.17. The molecule has 2 fully saturated rings. The summed E-state index contributed by atoms with van der Waals surface area (Å²) >= 11 is 0. The van der Waals surface area contributed by atoms with E-state index in [4.69, 9.17) is 0 Å². The summed E-state index contributed by atoms with van der Waals surface area (Å²) in [5.74, 6) is 4.26. The molecule has 2 aliphatic carbocycles. The minimum absolute atomic E-state index is 1.02. The van der Waals surface area contributed by atoms with E-state index in [0.29, 0.717) is 0 Å². The van der Waals surface area contributed by atoms with E-state index in [2.05, 4.69) is 27.7 Å². The maximum Gasteiger partial charge on any atom is -0.0386 e. The van der Waals surface area contributed by atoms with Crippen molar-refractivity contribution in [3.05, 3.63) is 0 Å². The van der Waals surface area contributed by atoms with Crippen LogP contribution in [-0.4, -0.2) is 0 Å². The molecular weight excluding hydrogens is 228 g/mol. The van der Waals surface area contributed by atoms with Crippen LogP contribution in [0.15, 0.2) is 0 Å². The molecule has 2 aliphatic rings. The van der Waals surface area contributed by atoms with E-state index in [1.165, 1.54) is 32.1 Å². The normalized spacial score (nSPS) is 34.4. The average molecular weight is 269 g/mol. The summed E-state index contributed by atoms with van der Waals surface area (Å²) in [5.41, 5.74) is 0. The van der Waals surface area contributed by atoms with E-state index in [1.807, 2.05) is 13.8 Å². The molecule has 2 rings (SSSR count). The Hall–Kier alpha value is 0. The van der Waals surface area contributed by atoms with Crippen molar-refractivity contribution in [2.45, 2.75) is 99.3 Å². The molecule has 0 saturated heterocycles. The lowest BCUT2D eigenvalue weighted by molar-refractivity contribution is 0.155. The van der Waals surface area contributed by atoms with Gasteiger partial charge in [-0.2, -0.15) is 0 Å². The molecule has 0 aromatic rings. The van der Waals surface area contributed by atoms with E-state index in [0.717, 1.165) is 23.7 Å². The predicted molar refractivity (Wildman–Crippen MR) is 89.6 cm³/mol. The van der Waals surface area contributed by atoms with Crippen LogP contribution in [0.1, 0.15) is 99.3 Å². The summed E-state index contributed by atoms with van der Waals surface area (Å²) in [5, 5.41) is 0. The average Bonchev–Trinajstić information content (AvgIpc) is 2.44. The number of hydrogen-bond acceptors (Lipinski definition) is 0. The van der Waals surface area contributed by atoms with Crippen LogP contribution >= 0.6 is 0 Å². The largest absolute Gasteiger partial charge is 0.0683 e. The zero-order valence-electron chi connectivity index (χ0n) is 14.7. The molecule has 116 valence electrons. The smallest absolute Gasteiger partial charge is 0.0386 e. The first-order valence-electron chi connectivity index (χ1n) is 9.17.